The summed E-state index contributed by atoms with van der Waals surface area (Å²) in [6.07, 6.45) is 3.79. The molecule has 1 atom stereocenters. The molecule has 0 saturated heterocycles. The fraction of sp³-hybridized carbons (Fsp3) is 0.281. The molecule has 2 heterocycles. The van der Waals surface area contributed by atoms with Crippen LogP contribution in [0, 0.1) is 11.3 Å². The number of hydrogen-bond acceptors (Lipinski definition) is 6. The van der Waals surface area contributed by atoms with Crippen LogP contribution in [0.3, 0.4) is 0 Å². The molecular weight excluding hydrogens is 500 g/mol. The smallest absolute Gasteiger partial charge is 0.303 e. The van der Waals surface area contributed by atoms with Gasteiger partial charge in [0, 0.05) is 13.0 Å². The number of nitriles is 1. The van der Waals surface area contributed by atoms with Gasteiger partial charge in [-0.1, -0.05) is 67.6 Å². The van der Waals surface area contributed by atoms with Gasteiger partial charge in [-0.25, -0.2) is 14.5 Å². The topological polar surface area (TPSA) is 96.3 Å². The van der Waals surface area contributed by atoms with E-state index >= 15 is 0 Å². The van der Waals surface area contributed by atoms with Gasteiger partial charge in [-0.15, -0.1) is 5.10 Å². The Kier molecular flexibility index (Phi) is 6.64. The van der Waals surface area contributed by atoms with E-state index in [1.165, 1.54) is 21.4 Å². The van der Waals surface area contributed by atoms with Crippen molar-refractivity contribution in [2.75, 3.05) is 11.6 Å². The summed E-state index contributed by atoms with van der Waals surface area (Å²) >= 11 is 0. The van der Waals surface area contributed by atoms with Crippen molar-refractivity contribution in [3.63, 3.8) is 0 Å². The zero-order valence-electron chi connectivity index (χ0n) is 22.5. The van der Waals surface area contributed by atoms with Gasteiger partial charge in [-0.3, -0.25) is 4.57 Å². The highest BCUT2D eigenvalue weighted by molar-refractivity contribution is 6.11. The molecule has 1 aromatic heterocycles. The fourth-order valence-corrected chi connectivity index (χ4v) is 5.99. The van der Waals surface area contributed by atoms with Gasteiger partial charge in [0.1, 0.15) is 6.29 Å². The molecule has 8 nitrogen and oxygen atoms in total. The van der Waals surface area contributed by atoms with Crippen LogP contribution in [0.1, 0.15) is 53.1 Å². The summed E-state index contributed by atoms with van der Waals surface area (Å²) in [5, 5.41) is 21.0. The second kappa shape index (κ2) is 10.4. The van der Waals surface area contributed by atoms with E-state index in [1.807, 2.05) is 41.4 Å². The third kappa shape index (κ3) is 4.34. The summed E-state index contributed by atoms with van der Waals surface area (Å²) in [4.78, 5) is 24.9. The molecule has 6 rings (SSSR count). The minimum Gasteiger partial charge on any atom is -0.303 e. The van der Waals surface area contributed by atoms with Gasteiger partial charge >= 0.3 is 5.69 Å². The van der Waals surface area contributed by atoms with Gasteiger partial charge in [0.15, 0.2) is 0 Å². The van der Waals surface area contributed by atoms with Crippen LogP contribution in [-0.4, -0.2) is 32.9 Å². The van der Waals surface area contributed by atoms with Crippen LogP contribution in [0.5, 0.6) is 0 Å². The minimum absolute atomic E-state index is 0.206. The van der Waals surface area contributed by atoms with Gasteiger partial charge in [0.25, 0.3) is 0 Å². The molecular formula is C32H30N6O2. The highest BCUT2D eigenvalue weighted by atomic mass is 16.2. The maximum Gasteiger partial charge on any atom is 0.347 e. The summed E-state index contributed by atoms with van der Waals surface area (Å²) in [5.74, 6) is 0.435. The summed E-state index contributed by atoms with van der Waals surface area (Å²) in [6.45, 7) is 3.20. The lowest BCUT2D eigenvalue weighted by Gasteiger charge is -2.27. The predicted octanol–water partition coefficient (Wildman–Crippen LogP) is 4.22. The number of carbonyl (C=O) groups excluding carboxylic acids is 1. The van der Waals surface area contributed by atoms with Crippen LogP contribution in [0.4, 0.5) is 5.95 Å². The molecule has 0 radical (unpaired) electrons. The Morgan fingerprint density at radius 2 is 1.77 bits per heavy atom. The van der Waals surface area contributed by atoms with E-state index in [0.717, 1.165) is 42.4 Å². The van der Waals surface area contributed by atoms with Crippen molar-refractivity contribution in [2.45, 2.75) is 51.1 Å². The van der Waals surface area contributed by atoms with E-state index < -0.39 is 0 Å². The number of aromatic nitrogens is 3. The molecule has 2 aliphatic rings. The monoisotopic (exact) mass is 530 g/mol. The second-order valence-electron chi connectivity index (χ2n) is 10.5. The molecule has 3 aromatic carbocycles. The first kappa shape index (κ1) is 25.5. The van der Waals surface area contributed by atoms with E-state index in [0.29, 0.717) is 24.6 Å². The van der Waals surface area contributed by atoms with Crippen LogP contribution in [-0.2, 0) is 36.1 Å². The number of fused-ring (bicyclic) bond motifs is 2. The van der Waals surface area contributed by atoms with Crippen molar-refractivity contribution in [2.24, 2.45) is 5.10 Å². The normalized spacial score (nSPS) is 17.6. The van der Waals surface area contributed by atoms with E-state index in [4.69, 9.17) is 10.2 Å². The van der Waals surface area contributed by atoms with Gasteiger partial charge in [0.2, 0.25) is 5.95 Å². The summed E-state index contributed by atoms with van der Waals surface area (Å²) < 4.78 is 3.03. The van der Waals surface area contributed by atoms with Crippen molar-refractivity contribution >= 4 is 17.9 Å². The molecule has 0 saturated carbocycles. The van der Waals surface area contributed by atoms with Crippen molar-refractivity contribution in [1.82, 2.24) is 14.3 Å². The Bertz CT molecular complexity index is 1690. The van der Waals surface area contributed by atoms with Crippen molar-refractivity contribution in [3.8, 4) is 6.07 Å². The molecule has 0 N–H and O–H groups in total. The van der Waals surface area contributed by atoms with Crippen LogP contribution in [0.25, 0.3) is 0 Å². The predicted molar refractivity (Wildman–Crippen MR) is 154 cm³/mol. The fourth-order valence-electron chi connectivity index (χ4n) is 5.99. The number of aldehydes is 1. The molecule has 0 fully saturated rings. The SMILES string of the molecule is CCc1ccc(Cn2nc(N3C[C@@]4(CCc5ccccc54)C(c4ccc(C#N)cc4)=N3)n(CCC=O)c2=O)cc1. The van der Waals surface area contributed by atoms with Gasteiger partial charge in [-0.05, 0) is 59.2 Å². The first-order valence-electron chi connectivity index (χ1n) is 13.7. The van der Waals surface area contributed by atoms with Crippen LogP contribution < -0.4 is 10.7 Å². The van der Waals surface area contributed by atoms with E-state index in [-0.39, 0.29) is 24.1 Å². The lowest BCUT2D eigenvalue weighted by atomic mass is 9.75. The molecule has 1 aliphatic heterocycles. The van der Waals surface area contributed by atoms with E-state index in [2.05, 4.69) is 49.4 Å². The molecule has 8 heteroatoms. The highest BCUT2D eigenvalue weighted by Crippen LogP contribution is 2.46. The molecule has 0 bridgehead atoms. The van der Waals surface area contributed by atoms with Crippen LogP contribution in [0.2, 0.25) is 0 Å². The molecule has 0 amide bonds. The van der Waals surface area contributed by atoms with Crippen molar-refractivity contribution in [1.29, 1.82) is 5.26 Å². The summed E-state index contributed by atoms with van der Waals surface area (Å²) in [7, 11) is 0. The molecule has 200 valence electrons. The molecule has 1 spiro atoms. The third-order valence-corrected chi connectivity index (χ3v) is 8.10. The standard InChI is InChI=1S/C32H30N6O2/c1-2-23-8-10-25(11-9-23)21-37-31(40)36(18-5-19-39)30(35-37)38-22-32(17-16-26-6-3-4-7-28(26)32)29(34-38)27-14-12-24(20-33)13-15-27/h3-4,6-15,19H,2,5,16-18,21-22H2,1H3/t32-/m1/s1. The first-order chi connectivity index (χ1) is 19.6. The lowest BCUT2D eigenvalue weighted by molar-refractivity contribution is -0.108. The Morgan fingerprint density at radius 1 is 1.02 bits per heavy atom. The minimum atomic E-state index is -0.379. The molecule has 40 heavy (non-hydrogen) atoms. The maximum atomic E-state index is 13.6. The van der Waals surface area contributed by atoms with Crippen LogP contribution in [0.15, 0.2) is 82.7 Å². The average molecular weight is 531 g/mol. The zero-order valence-corrected chi connectivity index (χ0v) is 22.5. The number of rotatable bonds is 8. The number of benzene rings is 3. The molecule has 1 aliphatic carbocycles. The number of anilines is 1. The summed E-state index contributed by atoms with van der Waals surface area (Å²) in [6, 6.07) is 26.4. The highest BCUT2D eigenvalue weighted by Gasteiger charge is 2.49. The first-order valence-corrected chi connectivity index (χ1v) is 13.7. The Morgan fingerprint density at radius 3 is 2.50 bits per heavy atom. The Hall–Kier alpha value is -4.77. The number of nitrogens with zero attached hydrogens (tertiary/aromatic N) is 6. The maximum absolute atomic E-state index is 13.6. The number of hydrazone groups is 1. The van der Waals surface area contributed by atoms with Gasteiger partial charge in [-0.2, -0.15) is 10.4 Å². The number of hydrogen-bond donors (Lipinski definition) is 0. The largest absolute Gasteiger partial charge is 0.347 e. The number of aryl methyl sites for hydroxylation is 2. The Labute approximate surface area is 232 Å². The van der Waals surface area contributed by atoms with Crippen molar-refractivity contribution in [3.05, 3.63) is 117 Å². The van der Waals surface area contributed by atoms with Gasteiger partial charge < -0.3 is 4.79 Å². The molecule has 4 aromatic rings. The van der Waals surface area contributed by atoms with E-state index in [1.54, 1.807) is 4.57 Å². The second-order valence-corrected chi connectivity index (χ2v) is 10.5. The molecule has 0 unspecified atom stereocenters. The Balaban J connectivity index is 1.44. The summed E-state index contributed by atoms with van der Waals surface area (Å²) in [5.41, 5.74) is 6.54. The quantitative estimate of drug-likeness (QED) is 0.318. The average Bonchev–Trinajstić information content (AvgIpc) is 3.66. The number of carbonyl (C=O) groups is 1. The third-order valence-electron chi connectivity index (χ3n) is 8.10. The van der Waals surface area contributed by atoms with Crippen LogP contribution >= 0.6 is 0 Å². The van der Waals surface area contributed by atoms with E-state index in [9.17, 15) is 14.9 Å². The van der Waals surface area contributed by atoms with Crippen molar-refractivity contribution < 1.29 is 4.79 Å². The van der Waals surface area contributed by atoms with Gasteiger partial charge in [0.05, 0.1) is 35.8 Å². The lowest BCUT2D eigenvalue weighted by Crippen LogP contribution is -2.37. The zero-order chi connectivity index (χ0) is 27.7.